The standard InChI is InChI=1S/C24H16F3N3.Pt/c1-24(2,22-12-13-28-23(30-22)17-6-3-4-7-18(17)26)21-9-5-8-20(29-21)16-11-10-15(25)14-19(16)27;/h3-5,7-10,12-14H,1-2H3;/q-2;+2. The molecule has 158 valence electrons. The van der Waals surface area contributed by atoms with Crippen LogP contribution in [0.3, 0.4) is 0 Å². The maximum absolute atomic E-state index is 14.2. The molecule has 2 heterocycles. The molecule has 7 heteroatoms. The van der Waals surface area contributed by atoms with Gasteiger partial charge in [-0.05, 0) is 31.7 Å². The normalized spacial score (nSPS) is 11.1. The Balaban J connectivity index is 0.00000272. The summed E-state index contributed by atoms with van der Waals surface area (Å²) in [5, 5.41) is 0. The van der Waals surface area contributed by atoms with Crippen LogP contribution in [0.25, 0.3) is 22.6 Å². The second-order valence-corrected chi connectivity index (χ2v) is 7.23. The van der Waals surface area contributed by atoms with Crippen molar-refractivity contribution in [3.63, 3.8) is 0 Å². The predicted molar refractivity (Wildman–Crippen MR) is 107 cm³/mol. The smallest absolute Gasteiger partial charge is 0.300 e. The number of aromatic nitrogens is 3. The van der Waals surface area contributed by atoms with Crippen LogP contribution in [0.5, 0.6) is 0 Å². The molecule has 3 nitrogen and oxygen atoms in total. The summed E-state index contributed by atoms with van der Waals surface area (Å²) in [6.07, 6.45) is 1.55. The Morgan fingerprint density at radius 1 is 0.839 bits per heavy atom. The molecule has 0 saturated heterocycles. The van der Waals surface area contributed by atoms with Gasteiger partial charge in [-0.25, -0.2) is 0 Å². The van der Waals surface area contributed by atoms with Gasteiger partial charge in [0, 0.05) is 40.5 Å². The number of hydrogen-bond donors (Lipinski definition) is 0. The zero-order valence-electron chi connectivity index (χ0n) is 16.6. The van der Waals surface area contributed by atoms with Crippen molar-refractivity contribution in [3.05, 3.63) is 102 Å². The molecule has 0 aliphatic heterocycles. The molecule has 0 unspecified atom stereocenters. The monoisotopic (exact) mass is 598 g/mol. The number of hydrogen-bond acceptors (Lipinski definition) is 3. The fourth-order valence-electron chi connectivity index (χ4n) is 3.11. The maximum atomic E-state index is 14.2. The van der Waals surface area contributed by atoms with Crippen molar-refractivity contribution in [2.24, 2.45) is 0 Å². The molecule has 0 spiro atoms. The van der Waals surface area contributed by atoms with Crippen LogP contribution in [-0.2, 0) is 26.5 Å². The van der Waals surface area contributed by atoms with E-state index in [0.717, 1.165) is 12.1 Å². The molecule has 2 aromatic heterocycles. The third kappa shape index (κ3) is 4.59. The van der Waals surface area contributed by atoms with Gasteiger partial charge in [-0.3, -0.25) is 23.1 Å². The van der Waals surface area contributed by atoms with E-state index in [-0.39, 0.29) is 38.0 Å². The topological polar surface area (TPSA) is 38.7 Å². The second kappa shape index (κ2) is 9.11. The number of benzene rings is 2. The van der Waals surface area contributed by atoms with Crippen LogP contribution in [0.15, 0.2) is 60.8 Å². The summed E-state index contributed by atoms with van der Waals surface area (Å²) in [4.78, 5) is 13.3. The van der Waals surface area contributed by atoms with Gasteiger partial charge in [-0.1, -0.05) is 29.3 Å². The van der Waals surface area contributed by atoms with Crippen LogP contribution in [0, 0.1) is 29.6 Å². The third-order valence-corrected chi connectivity index (χ3v) is 4.83. The molecule has 0 bridgehead atoms. The molecule has 4 aromatic rings. The predicted octanol–water partition coefficient (Wildman–Crippen LogP) is 5.55. The van der Waals surface area contributed by atoms with Crippen LogP contribution in [0.4, 0.5) is 13.2 Å². The third-order valence-electron chi connectivity index (χ3n) is 4.83. The van der Waals surface area contributed by atoms with E-state index in [1.807, 2.05) is 13.8 Å². The van der Waals surface area contributed by atoms with Gasteiger partial charge in [0.2, 0.25) is 0 Å². The van der Waals surface area contributed by atoms with Crippen molar-refractivity contribution in [2.75, 3.05) is 0 Å². The fraction of sp³-hybridized carbons (Fsp3) is 0.125. The first-order chi connectivity index (χ1) is 14.4. The van der Waals surface area contributed by atoms with E-state index < -0.39 is 22.9 Å². The first-order valence-electron chi connectivity index (χ1n) is 9.21. The Kier molecular flexibility index (Phi) is 6.70. The summed E-state index contributed by atoms with van der Waals surface area (Å²) in [6.45, 7) is 3.81. The summed E-state index contributed by atoms with van der Waals surface area (Å²) < 4.78 is 41.6. The molecule has 0 fully saturated rings. The molecule has 4 rings (SSSR count). The Morgan fingerprint density at radius 3 is 2.35 bits per heavy atom. The van der Waals surface area contributed by atoms with Gasteiger partial charge in [-0.2, -0.15) is 0 Å². The molecular weight excluding hydrogens is 582 g/mol. The average Bonchev–Trinajstić information content (AvgIpc) is 2.74. The minimum atomic E-state index is -0.739. The van der Waals surface area contributed by atoms with E-state index >= 15 is 0 Å². The Morgan fingerprint density at radius 2 is 1.61 bits per heavy atom. The van der Waals surface area contributed by atoms with Gasteiger partial charge < -0.3 is 4.98 Å². The Labute approximate surface area is 192 Å². The Hall–Kier alpha value is -2.85. The van der Waals surface area contributed by atoms with Gasteiger partial charge >= 0.3 is 21.1 Å². The van der Waals surface area contributed by atoms with E-state index in [1.54, 1.807) is 42.6 Å². The largest absolute Gasteiger partial charge is 2.00 e. The van der Waals surface area contributed by atoms with E-state index in [0.29, 0.717) is 17.1 Å². The summed E-state index contributed by atoms with van der Waals surface area (Å²) >= 11 is 0. The van der Waals surface area contributed by atoms with E-state index in [1.165, 1.54) is 6.07 Å². The maximum Gasteiger partial charge on any atom is 2.00 e. The van der Waals surface area contributed by atoms with E-state index in [2.05, 4.69) is 27.1 Å². The number of nitrogens with zero attached hydrogens (tertiary/aromatic N) is 3. The summed E-state index contributed by atoms with van der Waals surface area (Å²) in [5.41, 5.74) is 1.11. The van der Waals surface area contributed by atoms with E-state index in [4.69, 9.17) is 0 Å². The zero-order chi connectivity index (χ0) is 21.3. The average molecular weight is 598 g/mol. The van der Waals surface area contributed by atoms with Crippen molar-refractivity contribution in [3.8, 4) is 22.6 Å². The molecule has 0 amide bonds. The molecule has 2 aromatic carbocycles. The van der Waals surface area contributed by atoms with Crippen molar-refractivity contribution < 1.29 is 34.2 Å². The van der Waals surface area contributed by atoms with Gasteiger partial charge in [0.1, 0.15) is 0 Å². The van der Waals surface area contributed by atoms with E-state index in [9.17, 15) is 13.2 Å². The number of pyridine rings is 1. The number of rotatable bonds is 4. The van der Waals surface area contributed by atoms with Gasteiger partial charge in [0.05, 0.1) is 5.82 Å². The molecule has 0 atom stereocenters. The van der Waals surface area contributed by atoms with Crippen molar-refractivity contribution in [1.29, 1.82) is 0 Å². The zero-order valence-corrected chi connectivity index (χ0v) is 18.8. The minimum absolute atomic E-state index is 0. The van der Waals surface area contributed by atoms with Crippen LogP contribution in [0.2, 0.25) is 0 Å². The molecule has 31 heavy (non-hydrogen) atoms. The van der Waals surface area contributed by atoms with Crippen LogP contribution in [-0.4, -0.2) is 15.0 Å². The van der Waals surface area contributed by atoms with Crippen LogP contribution < -0.4 is 0 Å². The quantitative estimate of drug-likeness (QED) is 0.290. The first kappa shape index (κ1) is 22.8. The summed E-state index contributed by atoms with van der Waals surface area (Å²) in [7, 11) is 0. The molecule has 0 aliphatic rings. The van der Waals surface area contributed by atoms with Gasteiger partial charge in [-0.15, -0.1) is 36.4 Å². The van der Waals surface area contributed by atoms with Crippen molar-refractivity contribution in [2.45, 2.75) is 19.3 Å². The van der Waals surface area contributed by atoms with Gasteiger partial charge in [0.25, 0.3) is 0 Å². The molecular formula is C24H16F3N3Pt. The number of halogens is 3. The van der Waals surface area contributed by atoms with Crippen LogP contribution in [0.1, 0.15) is 25.2 Å². The summed E-state index contributed by atoms with van der Waals surface area (Å²) in [6, 6.07) is 18.6. The molecule has 0 aliphatic carbocycles. The van der Waals surface area contributed by atoms with Crippen molar-refractivity contribution in [1.82, 2.24) is 15.0 Å². The SMILES string of the molecule is CC(C)(c1cccc(-c2[c-]cc(F)cc2F)n1)c1ccnc(-c2[c-]cccc2F)n1.[Pt+2]. The van der Waals surface area contributed by atoms with Crippen LogP contribution >= 0.6 is 0 Å². The minimum Gasteiger partial charge on any atom is -0.300 e. The first-order valence-corrected chi connectivity index (χ1v) is 9.21. The molecule has 0 N–H and O–H groups in total. The fourth-order valence-corrected chi connectivity index (χ4v) is 3.11. The van der Waals surface area contributed by atoms with Gasteiger partial charge in [0.15, 0.2) is 0 Å². The Bertz CT molecular complexity index is 1230. The summed E-state index contributed by atoms with van der Waals surface area (Å²) in [5.74, 6) is -1.69. The van der Waals surface area contributed by atoms with Crippen molar-refractivity contribution >= 4 is 0 Å². The second-order valence-electron chi connectivity index (χ2n) is 7.23. The molecule has 0 saturated carbocycles. The molecule has 0 radical (unpaired) electrons.